The summed E-state index contributed by atoms with van der Waals surface area (Å²) in [6, 6.07) is 16.2. The second kappa shape index (κ2) is 6.75. The van der Waals surface area contributed by atoms with Crippen molar-refractivity contribution in [3.63, 3.8) is 0 Å². The highest BCUT2D eigenvalue weighted by atomic mass is 16.1. The van der Waals surface area contributed by atoms with Gasteiger partial charge >= 0.3 is 0 Å². The Balaban J connectivity index is 1.75. The van der Waals surface area contributed by atoms with Gasteiger partial charge in [-0.3, -0.25) is 9.69 Å². The molecule has 1 aromatic heterocycles. The highest BCUT2D eigenvalue weighted by molar-refractivity contribution is 5.80. The molecule has 0 amide bonds. The molecule has 0 bridgehead atoms. The van der Waals surface area contributed by atoms with Gasteiger partial charge in [-0.2, -0.15) is 5.10 Å². The molecule has 0 radical (unpaired) electrons. The monoisotopic (exact) mass is 307 g/mol. The van der Waals surface area contributed by atoms with Crippen LogP contribution in [0.25, 0.3) is 10.8 Å². The summed E-state index contributed by atoms with van der Waals surface area (Å²) in [6.45, 7) is 3.41. The zero-order valence-electron chi connectivity index (χ0n) is 13.6. The molecule has 0 N–H and O–H groups in total. The third kappa shape index (κ3) is 3.48. The summed E-state index contributed by atoms with van der Waals surface area (Å²) in [5.74, 6) is 0. The summed E-state index contributed by atoms with van der Waals surface area (Å²) < 4.78 is 1.52. The fourth-order valence-corrected chi connectivity index (χ4v) is 2.70. The molecule has 0 aliphatic rings. The van der Waals surface area contributed by atoms with E-state index in [0.29, 0.717) is 12.1 Å². The Bertz CT molecular complexity index is 852. The van der Waals surface area contributed by atoms with Crippen LogP contribution < -0.4 is 5.56 Å². The topological polar surface area (TPSA) is 38.1 Å². The number of hydrogen-bond acceptors (Lipinski definition) is 3. The Morgan fingerprint density at radius 1 is 1.04 bits per heavy atom. The lowest BCUT2D eigenvalue weighted by molar-refractivity contribution is 0.241. The van der Waals surface area contributed by atoms with E-state index in [1.54, 1.807) is 6.20 Å². The highest BCUT2D eigenvalue weighted by Gasteiger charge is 2.07. The molecule has 4 nitrogen and oxygen atoms in total. The first-order chi connectivity index (χ1) is 11.2. The van der Waals surface area contributed by atoms with Crippen molar-refractivity contribution >= 4 is 10.8 Å². The third-order valence-corrected chi connectivity index (χ3v) is 4.02. The predicted molar refractivity (Wildman–Crippen MR) is 93.3 cm³/mol. The molecule has 0 aliphatic heterocycles. The zero-order valence-corrected chi connectivity index (χ0v) is 13.6. The normalized spacial score (nSPS) is 11.3. The van der Waals surface area contributed by atoms with Crippen LogP contribution in [-0.2, 0) is 19.6 Å². The molecule has 2 aromatic carbocycles. The Morgan fingerprint density at radius 2 is 1.74 bits per heavy atom. The summed E-state index contributed by atoms with van der Waals surface area (Å²) in [6.07, 6.45) is 2.80. The van der Waals surface area contributed by atoms with E-state index in [0.717, 1.165) is 18.4 Å². The van der Waals surface area contributed by atoms with Crippen molar-refractivity contribution in [1.82, 2.24) is 14.7 Å². The van der Waals surface area contributed by atoms with Crippen molar-refractivity contribution in [2.45, 2.75) is 26.6 Å². The molecule has 23 heavy (non-hydrogen) atoms. The molecule has 0 saturated heterocycles. The van der Waals surface area contributed by atoms with Crippen LogP contribution in [0.1, 0.15) is 18.1 Å². The number of benzene rings is 2. The van der Waals surface area contributed by atoms with E-state index < -0.39 is 0 Å². The van der Waals surface area contributed by atoms with E-state index in [-0.39, 0.29) is 5.56 Å². The van der Waals surface area contributed by atoms with Gasteiger partial charge in [0.25, 0.3) is 5.56 Å². The maximum Gasteiger partial charge on any atom is 0.275 e. The van der Waals surface area contributed by atoms with Crippen molar-refractivity contribution < 1.29 is 0 Å². The van der Waals surface area contributed by atoms with Gasteiger partial charge in [-0.25, -0.2) is 4.68 Å². The van der Waals surface area contributed by atoms with Crippen LogP contribution in [0.15, 0.2) is 59.5 Å². The van der Waals surface area contributed by atoms with Gasteiger partial charge in [-0.15, -0.1) is 0 Å². The second-order valence-electron chi connectivity index (χ2n) is 5.86. The standard InChI is InChI=1S/C19H21N3O/c1-3-15-8-10-16(11-9-15)13-21(2)14-22-19(23)18-7-5-4-6-17(18)12-20-22/h4-12H,3,13-14H2,1-2H3. The van der Waals surface area contributed by atoms with E-state index in [1.807, 2.05) is 31.3 Å². The lowest BCUT2D eigenvalue weighted by Gasteiger charge is -2.17. The SMILES string of the molecule is CCc1ccc(CN(C)Cn2ncc3ccccc3c2=O)cc1. The third-order valence-electron chi connectivity index (χ3n) is 4.02. The van der Waals surface area contributed by atoms with Gasteiger partial charge in [-0.05, 0) is 30.7 Å². The Morgan fingerprint density at radius 3 is 2.48 bits per heavy atom. The molecule has 0 fully saturated rings. The van der Waals surface area contributed by atoms with Gasteiger partial charge in [-0.1, -0.05) is 49.4 Å². The summed E-state index contributed by atoms with van der Waals surface area (Å²) >= 11 is 0. The van der Waals surface area contributed by atoms with Crippen LogP contribution in [0.4, 0.5) is 0 Å². The van der Waals surface area contributed by atoms with Crippen LogP contribution in [0, 0.1) is 0 Å². The quantitative estimate of drug-likeness (QED) is 0.727. The number of aromatic nitrogens is 2. The molecule has 0 unspecified atom stereocenters. The Hall–Kier alpha value is -2.46. The maximum atomic E-state index is 12.5. The first-order valence-corrected chi connectivity index (χ1v) is 7.88. The predicted octanol–water partition coefficient (Wildman–Crippen LogP) is 3.05. The van der Waals surface area contributed by atoms with Crippen LogP contribution in [0.5, 0.6) is 0 Å². The first kappa shape index (κ1) is 15.4. The number of rotatable bonds is 5. The summed E-state index contributed by atoms with van der Waals surface area (Å²) in [5.41, 5.74) is 2.53. The van der Waals surface area contributed by atoms with Gasteiger partial charge in [0, 0.05) is 11.9 Å². The van der Waals surface area contributed by atoms with Crippen molar-refractivity contribution in [3.05, 3.63) is 76.2 Å². The van der Waals surface area contributed by atoms with Gasteiger partial charge in [0.15, 0.2) is 0 Å². The van der Waals surface area contributed by atoms with Crippen LogP contribution in [0.3, 0.4) is 0 Å². The van der Waals surface area contributed by atoms with Crippen molar-refractivity contribution in [1.29, 1.82) is 0 Å². The smallest absolute Gasteiger partial charge is 0.275 e. The van der Waals surface area contributed by atoms with Gasteiger partial charge in [0.1, 0.15) is 0 Å². The minimum Gasteiger partial charge on any atom is -0.283 e. The fourth-order valence-electron chi connectivity index (χ4n) is 2.70. The molecule has 0 atom stereocenters. The Kier molecular flexibility index (Phi) is 4.53. The van der Waals surface area contributed by atoms with Gasteiger partial charge in [0.2, 0.25) is 0 Å². The first-order valence-electron chi connectivity index (χ1n) is 7.88. The van der Waals surface area contributed by atoms with E-state index in [1.165, 1.54) is 15.8 Å². The van der Waals surface area contributed by atoms with Crippen molar-refractivity contribution in [2.75, 3.05) is 7.05 Å². The average Bonchev–Trinajstić information content (AvgIpc) is 2.58. The zero-order chi connectivity index (χ0) is 16.2. The van der Waals surface area contributed by atoms with E-state index >= 15 is 0 Å². The summed E-state index contributed by atoms with van der Waals surface area (Å²) in [5, 5.41) is 5.87. The van der Waals surface area contributed by atoms with E-state index in [9.17, 15) is 4.79 Å². The molecule has 0 aliphatic carbocycles. The average molecular weight is 307 g/mol. The molecule has 0 spiro atoms. The fraction of sp³-hybridized carbons (Fsp3) is 0.263. The molecule has 118 valence electrons. The molecular weight excluding hydrogens is 286 g/mol. The van der Waals surface area contributed by atoms with Gasteiger partial charge < -0.3 is 0 Å². The maximum absolute atomic E-state index is 12.5. The molecule has 0 saturated carbocycles. The van der Waals surface area contributed by atoms with E-state index in [2.05, 4.69) is 41.2 Å². The molecule has 4 heteroatoms. The number of fused-ring (bicyclic) bond motifs is 1. The lowest BCUT2D eigenvalue weighted by atomic mass is 10.1. The summed E-state index contributed by atoms with van der Waals surface area (Å²) in [4.78, 5) is 14.6. The second-order valence-corrected chi connectivity index (χ2v) is 5.86. The highest BCUT2D eigenvalue weighted by Crippen LogP contribution is 2.09. The number of hydrogen-bond donors (Lipinski definition) is 0. The van der Waals surface area contributed by atoms with Crippen molar-refractivity contribution in [3.8, 4) is 0 Å². The molecular formula is C19H21N3O. The van der Waals surface area contributed by atoms with Gasteiger partial charge in [0.05, 0.1) is 18.3 Å². The largest absolute Gasteiger partial charge is 0.283 e. The molecule has 1 heterocycles. The minimum atomic E-state index is -0.0451. The minimum absolute atomic E-state index is 0.0451. The molecule has 3 rings (SSSR count). The molecule has 3 aromatic rings. The lowest BCUT2D eigenvalue weighted by Crippen LogP contribution is -2.31. The van der Waals surface area contributed by atoms with Crippen LogP contribution in [0.2, 0.25) is 0 Å². The Labute approximate surface area is 136 Å². The number of aryl methyl sites for hydroxylation is 1. The van der Waals surface area contributed by atoms with Crippen LogP contribution in [-0.4, -0.2) is 21.7 Å². The van der Waals surface area contributed by atoms with Crippen LogP contribution >= 0.6 is 0 Å². The summed E-state index contributed by atoms with van der Waals surface area (Å²) in [7, 11) is 2.00. The van der Waals surface area contributed by atoms with Crippen molar-refractivity contribution in [2.24, 2.45) is 0 Å². The van der Waals surface area contributed by atoms with E-state index in [4.69, 9.17) is 0 Å². The number of nitrogens with zero attached hydrogens (tertiary/aromatic N) is 3.